The summed E-state index contributed by atoms with van der Waals surface area (Å²) in [5.41, 5.74) is 0.825. The van der Waals surface area contributed by atoms with Crippen LogP contribution in [-0.2, 0) is 0 Å². The Morgan fingerprint density at radius 2 is 1.76 bits per heavy atom. The van der Waals surface area contributed by atoms with Crippen molar-refractivity contribution in [3.8, 4) is 0 Å². The van der Waals surface area contributed by atoms with Crippen LogP contribution in [0.1, 0.15) is 53.9 Å². The summed E-state index contributed by atoms with van der Waals surface area (Å²) in [7, 11) is 0. The number of hydrogen-bond acceptors (Lipinski definition) is 2. The van der Waals surface area contributed by atoms with Gasteiger partial charge < -0.3 is 0 Å². The molecule has 0 aromatic heterocycles. The summed E-state index contributed by atoms with van der Waals surface area (Å²) in [6.45, 7) is 14.7. The fourth-order valence-electron chi connectivity index (χ4n) is 4.71. The number of piperazine rings is 1. The topological polar surface area (TPSA) is 6.48 Å². The highest BCUT2D eigenvalue weighted by molar-refractivity contribution is 5.14. The molecule has 0 saturated carbocycles. The molecule has 0 N–H and O–H groups in total. The van der Waals surface area contributed by atoms with Gasteiger partial charge in [0.25, 0.3) is 0 Å². The molecule has 0 spiro atoms. The smallest absolute Gasteiger partial charge is 0.0275 e. The van der Waals surface area contributed by atoms with Crippen molar-refractivity contribution in [1.29, 1.82) is 0 Å². The Kier molecular flexibility index (Phi) is 2.45. The summed E-state index contributed by atoms with van der Waals surface area (Å²) in [6.07, 6.45) is 4.31. The van der Waals surface area contributed by atoms with E-state index in [0.29, 0.717) is 11.1 Å². The van der Waals surface area contributed by atoms with E-state index in [-0.39, 0.29) is 0 Å². The zero-order valence-electron chi connectivity index (χ0n) is 12.2. The van der Waals surface area contributed by atoms with Gasteiger partial charge in [0.05, 0.1) is 0 Å². The van der Waals surface area contributed by atoms with Crippen LogP contribution in [0.25, 0.3) is 0 Å². The lowest BCUT2D eigenvalue weighted by atomic mass is 9.64. The molecule has 4 unspecified atom stereocenters. The van der Waals surface area contributed by atoms with Crippen LogP contribution in [-0.4, -0.2) is 46.1 Å². The molecule has 4 atom stereocenters. The van der Waals surface area contributed by atoms with Gasteiger partial charge in [-0.15, -0.1) is 0 Å². The second-order valence-corrected chi connectivity index (χ2v) is 7.89. The van der Waals surface area contributed by atoms with Gasteiger partial charge in [-0.1, -0.05) is 6.42 Å². The third-order valence-electron chi connectivity index (χ3n) is 5.66. The Labute approximate surface area is 106 Å². The van der Waals surface area contributed by atoms with Crippen LogP contribution in [0.2, 0.25) is 0 Å². The molecule has 0 aromatic carbocycles. The van der Waals surface area contributed by atoms with Crippen LogP contribution in [0.15, 0.2) is 0 Å². The van der Waals surface area contributed by atoms with Crippen LogP contribution in [0.4, 0.5) is 0 Å². The molecular weight excluding hydrogens is 208 g/mol. The molecule has 17 heavy (non-hydrogen) atoms. The maximum absolute atomic E-state index is 2.80. The quantitative estimate of drug-likeness (QED) is 0.638. The molecule has 5 aliphatic heterocycles. The molecule has 0 aromatic rings. The molecule has 4 bridgehead atoms. The highest BCUT2D eigenvalue weighted by Crippen LogP contribution is 2.50. The lowest BCUT2D eigenvalue weighted by Crippen LogP contribution is -2.79. The van der Waals surface area contributed by atoms with Gasteiger partial charge >= 0.3 is 0 Å². The lowest BCUT2D eigenvalue weighted by Gasteiger charge is -2.69. The fraction of sp³-hybridized carbons (Fsp3) is 1.00. The summed E-state index contributed by atoms with van der Waals surface area (Å²) in [5, 5.41) is 0. The van der Waals surface area contributed by atoms with Crippen molar-refractivity contribution < 1.29 is 0 Å². The fourth-order valence-corrected chi connectivity index (χ4v) is 4.71. The normalized spacial score (nSPS) is 45.0. The van der Waals surface area contributed by atoms with E-state index >= 15 is 0 Å². The van der Waals surface area contributed by atoms with Crippen molar-refractivity contribution in [2.24, 2.45) is 5.92 Å². The van der Waals surface area contributed by atoms with Gasteiger partial charge in [0.2, 0.25) is 0 Å². The summed E-state index contributed by atoms with van der Waals surface area (Å²) in [6, 6.07) is 1.65. The maximum atomic E-state index is 2.80. The lowest BCUT2D eigenvalue weighted by molar-refractivity contribution is -0.194. The first-order valence-electron chi connectivity index (χ1n) is 7.35. The average molecular weight is 236 g/mol. The van der Waals surface area contributed by atoms with Crippen molar-refractivity contribution in [3.05, 3.63) is 0 Å². The molecule has 0 amide bonds. The molecular formula is C15H28N2. The van der Waals surface area contributed by atoms with E-state index in [4.69, 9.17) is 0 Å². The van der Waals surface area contributed by atoms with Crippen molar-refractivity contribution in [3.63, 3.8) is 0 Å². The minimum Gasteiger partial charge on any atom is -0.293 e. The Hall–Kier alpha value is -0.0800. The van der Waals surface area contributed by atoms with E-state index < -0.39 is 0 Å². The summed E-state index contributed by atoms with van der Waals surface area (Å²) in [4.78, 5) is 5.58. The van der Waals surface area contributed by atoms with Crippen molar-refractivity contribution in [2.45, 2.75) is 77.0 Å². The second-order valence-electron chi connectivity index (χ2n) is 7.89. The first kappa shape index (κ1) is 12.0. The molecule has 5 rings (SSSR count). The van der Waals surface area contributed by atoms with Crippen LogP contribution in [0.5, 0.6) is 0 Å². The molecule has 0 radical (unpaired) electrons. The standard InChI is InChI=1S/C15H28N2/c1-14(2,3)16-10-13-12-8-6-7-11(16)9-17(13)15(12,4)5/h11-13H,6-10H2,1-5H3. The minimum absolute atomic E-state index is 0.346. The van der Waals surface area contributed by atoms with Crippen molar-refractivity contribution in [1.82, 2.24) is 9.80 Å². The molecule has 2 heteroatoms. The molecule has 5 fully saturated rings. The third-order valence-corrected chi connectivity index (χ3v) is 5.66. The third kappa shape index (κ3) is 1.60. The summed E-state index contributed by atoms with van der Waals surface area (Å²) < 4.78 is 0. The largest absolute Gasteiger partial charge is 0.293 e. The highest BCUT2D eigenvalue weighted by Gasteiger charge is 2.58. The van der Waals surface area contributed by atoms with Crippen molar-refractivity contribution in [2.75, 3.05) is 13.1 Å². The Balaban J connectivity index is 1.87. The van der Waals surface area contributed by atoms with Gasteiger partial charge in [-0.2, -0.15) is 0 Å². The summed E-state index contributed by atoms with van der Waals surface area (Å²) in [5.74, 6) is 0.939. The summed E-state index contributed by atoms with van der Waals surface area (Å²) >= 11 is 0. The van der Waals surface area contributed by atoms with Crippen LogP contribution in [0.3, 0.4) is 0 Å². The Bertz CT molecular complexity index is 307. The van der Waals surface area contributed by atoms with Gasteiger partial charge in [0.15, 0.2) is 0 Å². The van der Waals surface area contributed by atoms with E-state index in [1.54, 1.807) is 0 Å². The zero-order chi connectivity index (χ0) is 12.4. The number of hydrogen-bond donors (Lipinski definition) is 0. The van der Waals surface area contributed by atoms with E-state index in [1.807, 2.05) is 0 Å². The zero-order valence-corrected chi connectivity index (χ0v) is 12.2. The van der Waals surface area contributed by atoms with E-state index in [0.717, 1.165) is 18.0 Å². The van der Waals surface area contributed by atoms with Gasteiger partial charge in [0, 0.05) is 36.3 Å². The molecule has 5 aliphatic rings. The van der Waals surface area contributed by atoms with E-state index in [9.17, 15) is 0 Å². The van der Waals surface area contributed by atoms with Crippen LogP contribution >= 0.6 is 0 Å². The predicted molar refractivity (Wildman–Crippen MR) is 72.2 cm³/mol. The van der Waals surface area contributed by atoms with Crippen molar-refractivity contribution >= 4 is 0 Å². The molecule has 98 valence electrons. The SMILES string of the molecule is CC(C)(C)N1CC2C3CCCC1CN2C3(C)C. The first-order chi connectivity index (χ1) is 7.82. The number of rotatable bonds is 0. The molecule has 0 aliphatic carbocycles. The Morgan fingerprint density at radius 1 is 1.06 bits per heavy atom. The van der Waals surface area contributed by atoms with Crippen LogP contribution < -0.4 is 0 Å². The first-order valence-corrected chi connectivity index (χ1v) is 7.35. The van der Waals surface area contributed by atoms with Gasteiger partial charge in [0.1, 0.15) is 0 Å². The number of nitrogens with zero attached hydrogens (tertiary/aromatic N) is 2. The second kappa shape index (κ2) is 3.48. The van der Waals surface area contributed by atoms with E-state index in [2.05, 4.69) is 44.4 Å². The van der Waals surface area contributed by atoms with Gasteiger partial charge in [-0.25, -0.2) is 0 Å². The molecule has 5 heterocycles. The monoisotopic (exact) mass is 236 g/mol. The molecule has 2 nitrogen and oxygen atoms in total. The highest BCUT2D eigenvalue weighted by atomic mass is 15.4. The molecule has 5 saturated heterocycles. The average Bonchev–Trinajstić information content (AvgIpc) is 2.14. The van der Waals surface area contributed by atoms with Crippen LogP contribution in [0, 0.1) is 5.92 Å². The predicted octanol–water partition coefficient (Wildman–Crippen LogP) is 2.73. The van der Waals surface area contributed by atoms with E-state index in [1.165, 1.54) is 32.4 Å². The van der Waals surface area contributed by atoms with Gasteiger partial charge in [-0.3, -0.25) is 9.80 Å². The minimum atomic E-state index is 0.346. The Morgan fingerprint density at radius 3 is 2.41 bits per heavy atom. The number of fused-ring (bicyclic) bond motifs is 1. The van der Waals surface area contributed by atoms with Gasteiger partial charge in [-0.05, 0) is 53.4 Å². The maximum Gasteiger partial charge on any atom is 0.0275 e.